The Morgan fingerprint density at radius 3 is 2.77 bits per heavy atom. The molecule has 0 aromatic heterocycles. The summed E-state index contributed by atoms with van der Waals surface area (Å²) in [7, 11) is 0. The monoisotopic (exact) mass is 379 g/mol. The molecule has 1 fully saturated rings. The lowest BCUT2D eigenvalue weighted by atomic mass is 9.86. The van der Waals surface area contributed by atoms with Crippen LogP contribution in [0.3, 0.4) is 0 Å². The van der Waals surface area contributed by atoms with Gasteiger partial charge in [0, 0.05) is 10.9 Å². The normalized spacial score (nSPS) is 21.7. The average molecular weight is 379 g/mol. The minimum atomic E-state index is -0.406. The van der Waals surface area contributed by atoms with Gasteiger partial charge in [-0.3, -0.25) is 9.59 Å². The second-order valence-electron chi connectivity index (χ2n) is 6.69. The van der Waals surface area contributed by atoms with Crippen LogP contribution in [0.1, 0.15) is 32.6 Å². The van der Waals surface area contributed by atoms with E-state index in [1.165, 1.54) is 18.2 Å². The number of nitrogens with one attached hydrogen (secondary N) is 1. The number of hydrogen-bond acceptors (Lipinski definition) is 6. The maximum Gasteiger partial charge on any atom is 0.316 e. The summed E-state index contributed by atoms with van der Waals surface area (Å²) in [5.74, 6) is 1.41. The van der Waals surface area contributed by atoms with Crippen LogP contribution < -0.4 is 14.8 Å². The first-order chi connectivity index (χ1) is 12.6. The van der Waals surface area contributed by atoms with E-state index in [0.717, 1.165) is 29.9 Å². The molecule has 1 aromatic carbocycles. The standard InChI is InChI=1S/C19H25NO5S/c1-13-4-2-3-5-15(13)20-18(21)11-25-19(22)12-26-14-6-7-16-17(10-14)24-9-8-23-16/h6-7,10,13,15H,2-5,8-9,11-12H2,1H3,(H,20,21)/t13-,15+/m1/s1. The Labute approximate surface area is 158 Å². The Morgan fingerprint density at radius 1 is 1.19 bits per heavy atom. The predicted molar refractivity (Wildman–Crippen MR) is 98.7 cm³/mol. The minimum absolute atomic E-state index is 0.146. The summed E-state index contributed by atoms with van der Waals surface area (Å²) in [6.07, 6.45) is 4.50. The molecule has 0 spiro atoms. The van der Waals surface area contributed by atoms with Crippen LogP contribution >= 0.6 is 11.8 Å². The molecule has 1 aromatic rings. The molecular weight excluding hydrogens is 354 g/mol. The highest BCUT2D eigenvalue weighted by Gasteiger charge is 2.23. The van der Waals surface area contributed by atoms with E-state index in [2.05, 4.69) is 12.2 Å². The summed E-state index contributed by atoms with van der Waals surface area (Å²) in [6.45, 7) is 3.01. The minimum Gasteiger partial charge on any atom is -0.486 e. The highest BCUT2D eigenvalue weighted by Crippen LogP contribution is 2.34. The lowest BCUT2D eigenvalue weighted by molar-refractivity contribution is -0.146. The van der Waals surface area contributed by atoms with Crippen molar-refractivity contribution in [1.29, 1.82) is 0 Å². The summed E-state index contributed by atoms with van der Waals surface area (Å²) in [5, 5.41) is 2.98. The molecule has 1 heterocycles. The smallest absolute Gasteiger partial charge is 0.316 e. The molecule has 7 heteroatoms. The van der Waals surface area contributed by atoms with E-state index in [-0.39, 0.29) is 24.3 Å². The topological polar surface area (TPSA) is 73.9 Å². The van der Waals surface area contributed by atoms with Gasteiger partial charge < -0.3 is 19.5 Å². The van der Waals surface area contributed by atoms with Crippen LogP contribution in [0.4, 0.5) is 0 Å². The van der Waals surface area contributed by atoms with Gasteiger partial charge in [-0.1, -0.05) is 19.8 Å². The number of hydrogen-bond donors (Lipinski definition) is 1. The van der Waals surface area contributed by atoms with Gasteiger partial charge in [0.15, 0.2) is 18.1 Å². The fraction of sp³-hybridized carbons (Fsp3) is 0.579. The molecule has 2 atom stereocenters. The van der Waals surface area contributed by atoms with Crippen molar-refractivity contribution in [3.8, 4) is 11.5 Å². The van der Waals surface area contributed by atoms with Crippen LogP contribution in [-0.4, -0.2) is 43.5 Å². The molecule has 2 aliphatic rings. The summed E-state index contributed by atoms with van der Waals surface area (Å²) in [5.41, 5.74) is 0. The molecule has 1 saturated carbocycles. The highest BCUT2D eigenvalue weighted by atomic mass is 32.2. The van der Waals surface area contributed by atoms with E-state index in [0.29, 0.717) is 24.9 Å². The van der Waals surface area contributed by atoms with Crippen LogP contribution in [0.5, 0.6) is 11.5 Å². The number of carbonyl (C=O) groups excluding carboxylic acids is 2. The number of thioether (sulfide) groups is 1. The van der Waals surface area contributed by atoms with Gasteiger partial charge >= 0.3 is 5.97 Å². The lowest BCUT2D eigenvalue weighted by Crippen LogP contribution is -2.43. The van der Waals surface area contributed by atoms with Gasteiger partial charge in [-0.2, -0.15) is 0 Å². The molecule has 1 N–H and O–H groups in total. The van der Waals surface area contributed by atoms with Crippen molar-refractivity contribution in [2.24, 2.45) is 5.92 Å². The quantitative estimate of drug-likeness (QED) is 0.605. The molecule has 0 bridgehead atoms. The van der Waals surface area contributed by atoms with Crippen molar-refractivity contribution in [2.45, 2.75) is 43.5 Å². The fourth-order valence-corrected chi connectivity index (χ4v) is 3.95. The zero-order valence-electron chi connectivity index (χ0n) is 15.0. The molecular formula is C19H25NO5S. The number of esters is 1. The van der Waals surface area contributed by atoms with Crippen LogP contribution in [0.2, 0.25) is 0 Å². The summed E-state index contributed by atoms with van der Waals surface area (Å²) in [6, 6.07) is 5.76. The number of benzene rings is 1. The number of carbonyl (C=O) groups is 2. The molecule has 6 nitrogen and oxygen atoms in total. The van der Waals surface area contributed by atoms with Crippen LogP contribution in [0.15, 0.2) is 23.1 Å². The first-order valence-corrected chi connectivity index (χ1v) is 10.1. The van der Waals surface area contributed by atoms with Gasteiger partial charge in [-0.15, -0.1) is 11.8 Å². The lowest BCUT2D eigenvalue weighted by Gasteiger charge is -2.29. The number of amides is 1. The summed E-state index contributed by atoms with van der Waals surface area (Å²) < 4.78 is 16.1. The van der Waals surface area contributed by atoms with E-state index >= 15 is 0 Å². The molecule has 1 amide bonds. The third-order valence-electron chi connectivity index (χ3n) is 4.69. The van der Waals surface area contributed by atoms with E-state index in [1.54, 1.807) is 0 Å². The molecule has 26 heavy (non-hydrogen) atoms. The zero-order valence-corrected chi connectivity index (χ0v) is 15.8. The van der Waals surface area contributed by atoms with Gasteiger partial charge in [0.2, 0.25) is 0 Å². The molecule has 0 saturated heterocycles. The average Bonchev–Trinajstić information content (AvgIpc) is 2.66. The fourth-order valence-electron chi connectivity index (χ4n) is 3.22. The van der Waals surface area contributed by atoms with Crippen molar-refractivity contribution in [3.05, 3.63) is 18.2 Å². The first kappa shape index (κ1) is 18.9. The van der Waals surface area contributed by atoms with Gasteiger partial charge in [0.05, 0.1) is 5.75 Å². The van der Waals surface area contributed by atoms with Gasteiger partial charge in [-0.05, 0) is 37.0 Å². The maximum absolute atomic E-state index is 12.0. The number of rotatable bonds is 6. The SMILES string of the molecule is C[C@@H]1CCCC[C@@H]1NC(=O)COC(=O)CSc1ccc2c(c1)OCCO2. The van der Waals surface area contributed by atoms with E-state index in [1.807, 2.05) is 18.2 Å². The zero-order chi connectivity index (χ0) is 18.4. The largest absolute Gasteiger partial charge is 0.486 e. The third kappa shape index (κ3) is 5.30. The highest BCUT2D eigenvalue weighted by molar-refractivity contribution is 8.00. The Kier molecular flexibility index (Phi) is 6.66. The van der Waals surface area contributed by atoms with Crippen molar-refractivity contribution in [3.63, 3.8) is 0 Å². The van der Waals surface area contributed by atoms with Crippen molar-refractivity contribution in [2.75, 3.05) is 25.6 Å². The van der Waals surface area contributed by atoms with Crippen LogP contribution in [0, 0.1) is 5.92 Å². The third-order valence-corrected chi connectivity index (χ3v) is 5.66. The second-order valence-corrected chi connectivity index (χ2v) is 7.74. The summed E-state index contributed by atoms with van der Waals surface area (Å²) >= 11 is 1.35. The number of ether oxygens (including phenoxy) is 3. The number of fused-ring (bicyclic) bond motifs is 1. The molecule has 0 unspecified atom stereocenters. The Morgan fingerprint density at radius 2 is 1.96 bits per heavy atom. The van der Waals surface area contributed by atoms with Gasteiger partial charge in [0.1, 0.15) is 13.2 Å². The Balaban J connectivity index is 1.38. The molecule has 3 rings (SSSR count). The van der Waals surface area contributed by atoms with Crippen molar-refractivity contribution in [1.82, 2.24) is 5.32 Å². The molecule has 0 radical (unpaired) electrons. The van der Waals surface area contributed by atoms with E-state index in [9.17, 15) is 9.59 Å². The van der Waals surface area contributed by atoms with Gasteiger partial charge in [-0.25, -0.2) is 0 Å². The van der Waals surface area contributed by atoms with E-state index in [4.69, 9.17) is 14.2 Å². The first-order valence-electron chi connectivity index (χ1n) is 9.09. The molecule has 142 valence electrons. The Bertz CT molecular complexity index is 651. The van der Waals surface area contributed by atoms with E-state index < -0.39 is 5.97 Å². The molecule has 1 aliphatic heterocycles. The maximum atomic E-state index is 12.0. The van der Waals surface area contributed by atoms with Crippen molar-refractivity contribution < 1.29 is 23.8 Å². The van der Waals surface area contributed by atoms with Crippen LogP contribution in [0.25, 0.3) is 0 Å². The van der Waals surface area contributed by atoms with Crippen molar-refractivity contribution >= 4 is 23.6 Å². The molecule has 1 aliphatic carbocycles. The Hall–Kier alpha value is -1.89. The van der Waals surface area contributed by atoms with Gasteiger partial charge in [0.25, 0.3) is 5.91 Å². The second kappa shape index (κ2) is 9.16. The predicted octanol–water partition coefficient (Wildman–Crippen LogP) is 2.79. The summed E-state index contributed by atoms with van der Waals surface area (Å²) in [4.78, 5) is 24.8. The van der Waals surface area contributed by atoms with Crippen LogP contribution in [-0.2, 0) is 14.3 Å².